The molecule has 1 spiro atoms. The van der Waals surface area contributed by atoms with Crippen molar-refractivity contribution in [3.05, 3.63) is 72.3 Å². The fourth-order valence-corrected chi connectivity index (χ4v) is 5.55. The summed E-state index contributed by atoms with van der Waals surface area (Å²) in [6.45, 7) is 1.73. The highest BCUT2D eigenvalue weighted by molar-refractivity contribution is 8.02. The van der Waals surface area contributed by atoms with E-state index in [1.165, 1.54) is 16.7 Å². The van der Waals surface area contributed by atoms with Gasteiger partial charge in [-0.25, -0.2) is 4.90 Å². The van der Waals surface area contributed by atoms with Crippen LogP contribution in [0.1, 0.15) is 18.9 Å². The number of rotatable bonds is 2. The van der Waals surface area contributed by atoms with E-state index in [1.807, 2.05) is 60.7 Å². The van der Waals surface area contributed by atoms with Crippen LogP contribution in [-0.4, -0.2) is 23.5 Å². The summed E-state index contributed by atoms with van der Waals surface area (Å²) in [5, 5.41) is 2.05. The van der Waals surface area contributed by atoms with Crippen molar-refractivity contribution < 1.29 is 14.4 Å². The minimum atomic E-state index is -1.25. The van der Waals surface area contributed by atoms with Crippen molar-refractivity contribution in [3.8, 4) is 0 Å². The highest BCUT2D eigenvalue weighted by atomic mass is 32.2. The Hall–Kier alpha value is -3.12. The van der Waals surface area contributed by atoms with E-state index in [9.17, 15) is 14.4 Å². The largest absolute Gasteiger partial charge is 0.283 e. The van der Waals surface area contributed by atoms with Crippen LogP contribution in [-0.2, 0) is 19.3 Å². The third-order valence-electron chi connectivity index (χ3n) is 5.51. The van der Waals surface area contributed by atoms with Crippen molar-refractivity contribution in [2.75, 3.05) is 15.6 Å². The zero-order valence-corrected chi connectivity index (χ0v) is 16.6. The zero-order valence-electron chi connectivity index (χ0n) is 15.8. The predicted octanol–water partition coefficient (Wildman–Crippen LogP) is 4.06. The predicted molar refractivity (Wildman–Crippen MR) is 115 cm³/mol. The van der Waals surface area contributed by atoms with Crippen molar-refractivity contribution in [2.24, 2.45) is 0 Å². The molecule has 0 radical (unpaired) electrons. The molecular weight excluding hydrogens is 384 g/mol. The SMILES string of the molecule is CCC(=O)N1C(=O)[C@@]2(SCC(=O)N2c2ccc3ccccc3c2)c2ccccc21. The molecule has 0 aliphatic carbocycles. The molecule has 3 aromatic rings. The van der Waals surface area contributed by atoms with Gasteiger partial charge in [0.1, 0.15) is 0 Å². The summed E-state index contributed by atoms with van der Waals surface area (Å²) in [5.41, 5.74) is 1.92. The van der Waals surface area contributed by atoms with E-state index in [2.05, 4.69) is 0 Å². The van der Waals surface area contributed by atoms with E-state index in [0.717, 1.165) is 10.8 Å². The molecule has 1 saturated heterocycles. The Labute approximate surface area is 172 Å². The van der Waals surface area contributed by atoms with Crippen molar-refractivity contribution in [1.82, 2.24) is 0 Å². The molecule has 3 aromatic carbocycles. The van der Waals surface area contributed by atoms with Gasteiger partial charge in [0, 0.05) is 17.7 Å². The van der Waals surface area contributed by atoms with Crippen molar-refractivity contribution in [3.63, 3.8) is 0 Å². The summed E-state index contributed by atoms with van der Waals surface area (Å²) in [6.07, 6.45) is 0.213. The molecule has 0 N–H and O–H groups in total. The first-order chi connectivity index (χ1) is 14.1. The molecule has 1 atom stereocenters. The lowest BCUT2D eigenvalue weighted by Crippen LogP contribution is -2.50. The maximum absolute atomic E-state index is 13.7. The minimum Gasteiger partial charge on any atom is -0.283 e. The second kappa shape index (κ2) is 6.46. The van der Waals surface area contributed by atoms with Gasteiger partial charge in [0.2, 0.25) is 16.7 Å². The number of anilines is 2. The Morgan fingerprint density at radius 2 is 1.72 bits per heavy atom. The second-order valence-electron chi connectivity index (χ2n) is 7.10. The van der Waals surface area contributed by atoms with Gasteiger partial charge in [-0.2, -0.15) is 0 Å². The summed E-state index contributed by atoms with van der Waals surface area (Å²) in [6, 6.07) is 20.9. The number of carbonyl (C=O) groups excluding carboxylic acids is 3. The van der Waals surface area contributed by atoms with E-state index in [0.29, 0.717) is 16.9 Å². The van der Waals surface area contributed by atoms with Crippen LogP contribution in [0.15, 0.2) is 66.7 Å². The maximum atomic E-state index is 13.7. The smallest absolute Gasteiger partial charge is 0.275 e. The zero-order chi connectivity index (χ0) is 20.2. The van der Waals surface area contributed by atoms with Gasteiger partial charge in [0.05, 0.1) is 11.4 Å². The van der Waals surface area contributed by atoms with Gasteiger partial charge >= 0.3 is 0 Å². The monoisotopic (exact) mass is 402 g/mol. The van der Waals surface area contributed by atoms with E-state index in [4.69, 9.17) is 0 Å². The lowest BCUT2D eigenvalue weighted by molar-refractivity contribution is -0.128. The summed E-state index contributed by atoms with van der Waals surface area (Å²) in [5.74, 6) is -0.590. The van der Waals surface area contributed by atoms with Gasteiger partial charge in [0.15, 0.2) is 0 Å². The molecular formula is C23H18N2O3S. The Balaban J connectivity index is 1.73. The van der Waals surface area contributed by atoms with E-state index < -0.39 is 4.87 Å². The molecule has 1 fully saturated rings. The molecule has 2 heterocycles. The average Bonchev–Trinajstić information content (AvgIpc) is 3.23. The number of thioether (sulfide) groups is 1. The number of benzene rings is 3. The number of nitrogens with zero attached hydrogens (tertiary/aromatic N) is 2. The number of imide groups is 1. The first kappa shape index (κ1) is 17.9. The van der Waals surface area contributed by atoms with Crippen molar-refractivity contribution in [1.29, 1.82) is 0 Å². The van der Waals surface area contributed by atoms with Gasteiger partial charge in [0.25, 0.3) is 5.91 Å². The first-order valence-electron chi connectivity index (χ1n) is 9.50. The van der Waals surface area contributed by atoms with Crippen LogP contribution in [0.5, 0.6) is 0 Å². The van der Waals surface area contributed by atoms with Crippen molar-refractivity contribution >= 4 is 51.6 Å². The van der Waals surface area contributed by atoms with Gasteiger partial charge < -0.3 is 0 Å². The van der Waals surface area contributed by atoms with Gasteiger partial charge in [-0.15, -0.1) is 11.8 Å². The van der Waals surface area contributed by atoms with E-state index in [-0.39, 0.29) is 29.9 Å². The third-order valence-corrected chi connectivity index (χ3v) is 6.90. The molecule has 29 heavy (non-hydrogen) atoms. The van der Waals surface area contributed by atoms with Gasteiger partial charge in [-0.1, -0.05) is 55.5 Å². The Morgan fingerprint density at radius 3 is 2.52 bits per heavy atom. The molecule has 0 bridgehead atoms. The quantitative estimate of drug-likeness (QED) is 0.649. The highest BCUT2D eigenvalue weighted by Gasteiger charge is 2.62. The molecule has 0 aromatic heterocycles. The number of hydrogen-bond donors (Lipinski definition) is 0. The van der Waals surface area contributed by atoms with E-state index >= 15 is 0 Å². The Morgan fingerprint density at radius 1 is 1.00 bits per heavy atom. The number of para-hydroxylation sites is 1. The molecule has 3 amide bonds. The van der Waals surface area contributed by atoms with Gasteiger partial charge in [-0.3, -0.25) is 19.3 Å². The molecule has 2 aliphatic heterocycles. The normalized spacial score (nSPS) is 20.7. The van der Waals surface area contributed by atoms with Crippen LogP contribution in [0.3, 0.4) is 0 Å². The van der Waals surface area contributed by atoms with Crippen LogP contribution in [0.2, 0.25) is 0 Å². The number of carbonyl (C=O) groups is 3. The summed E-state index contributed by atoms with van der Waals surface area (Å²) in [7, 11) is 0. The molecule has 0 unspecified atom stereocenters. The Bertz CT molecular complexity index is 1190. The second-order valence-corrected chi connectivity index (χ2v) is 8.27. The van der Waals surface area contributed by atoms with Gasteiger partial charge in [-0.05, 0) is 29.0 Å². The van der Waals surface area contributed by atoms with Crippen LogP contribution in [0.25, 0.3) is 10.8 Å². The maximum Gasteiger partial charge on any atom is 0.275 e. The lowest BCUT2D eigenvalue weighted by Gasteiger charge is -2.33. The van der Waals surface area contributed by atoms with Crippen LogP contribution in [0.4, 0.5) is 11.4 Å². The minimum absolute atomic E-state index is 0.140. The molecule has 5 nitrogen and oxygen atoms in total. The standard InChI is InChI=1S/C23H18N2O3S/c1-2-20(26)24-19-10-6-5-9-18(19)23(22(24)28)25(21(27)14-29-23)17-12-11-15-7-3-4-8-16(15)13-17/h3-13H,2,14H2,1H3/t23-/m0/s1. The Kier molecular flexibility index (Phi) is 3.99. The molecule has 144 valence electrons. The van der Waals surface area contributed by atoms with Crippen LogP contribution >= 0.6 is 11.8 Å². The topological polar surface area (TPSA) is 57.7 Å². The molecule has 0 saturated carbocycles. The fourth-order valence-electron chi connectivity index (χ4n) is 4.21. The van der Waals surface area contributed by atoms with Crippen LogP contribution < -0.4 is 9.80 Å². The summed E-state index contributed by atoms with van der Waals surface area (Å²) < 4.78 is 0. The first-order valence-corrected chi connectivity index (χ1v) is 10.5. The third kappa shape index (κ3) is 2.39. The fraction of sp³-hybridized carbons (Fsp3) is 0.174. The average molecular weight is 402 g/mol. The van der Waals surface area contributed by atoms with Crippen LogP contribution in [0, 0.1) is 0 Å². The number of fused-ring (bicyclic) bond motifs is 3. The van der Waals surface area contributed by atoms with Crippen molar-refractivity contribution in [2.45, 2.75) is 18.2 Å². The molecule has 6 heteroatoms. The number of amides is 3. The number of hydrogen-bond acceptors (Lipinski definition) is 4. The van der Waals surface area contributed by atoms with E-state index in [1.54, 1.807) is 17.9 Å². The molecule has 5 rings (SSSR count). The highest BCUT2D eigenvalue weighted by Crippen LogP contribution is 2.55. The lowest BCUT2D eigenvalue weighted by atomic mass is 10.0. The molecule has 2 aliphatic rings. The summed E-state index contributed by atoms with van der Waals surface area (Å²) >= 11 is 1.28. The summed E-state index contributed by atoms with van der Waals surface area (Å²) in [4.78, 5) is 40.9.